The van der Waals surface area contributed by atoms with E-state index in [1.807, 2.05) is 24.3 Å². The van der Waals surface area contributed by atoms with Crippen LogP contribution in [0, 0.1) is 0 Å². The molecule has 4 rings (SSSR count). The molecule has 8 nitrogen and oxygen atoms in total. The van der Waals surface area contributed by atoms with Gasteiger partial charge in [0.15, 0.2) is 5.65 Å². The molecule has 0 bridgehead atoms. The predicted molar refractivity (Wildman–Crippen MR) is 101 cm³/mol. The molecule has 27 heavy (non-hydrogen) atoms. The largest absolute Gasteiger partial charge is 0.381 e. The van der Waals surface area contributed by atoms with Crippen LogP contribution in [0.2, 0.25) is 0 Å². The number of hydrogen-bond acceptors (Lipinski definition) is 5. The second-order valence-electron chi connectivity index (χ2n) is 6.79. The van der Waals surface area contributed by atoms with Crippen LogP contribution in [0.1, 0.15) is 18.4 Å². The van der Waals surface area contributed by atoms with E-state index >= 15 is 0 Å². The van der Waals surface area contributed by atoms with E-state index in [0.717, 1.165) is 5.56 Å². The van der Waals surface area contributed by atoms with E-state index < -0.39 is 5.54 Å². The molecule has 1 amide bonds. The maximum absolute atomic E-state index is 12.6. The fourth-order valence-corrected chi connectivity index (χ4v) is 3.21. The van der Waals surface area contributed by atoms with E-state index in [1.54, 1.807) is 24.4 Å². The van der Waals surface area contributed by atoms with Gasteiger partial charge >= 0.3 is 5.69 Å². The molecule has 140 valence electrons. The van der Waals surface area contributed by atoms with Gasteiger partial charge in [-0.05, 0) is 42.7 Å². The van der Waals surface area contributed by atoms with Crippen LogP contribution in [0.5, 0.6) is 0 Å². The smallest absolute Gasteiger partial charge is 0.350 e. The van der Waals surface area contributed by atoms with Crippen molar-refractivity contribution >= 4 is 17.2 Å². The maximum Gasteiger partial charge on any atom is 0.350 e. The van der Waals surface area contributed by atoms with Crippen molar-refractivity contribution in [1.29, 1.82) is 0 Å². The number of carbonyl (C=O) groups excluding carboxylic acids is 1. The molecule has 3 aromatic rings. The lowest BCUT2D eigenvalue weighted by Crippen LogP contribution is -2.54. The Hall–Kier alpha value is -2.97. The van der Waals surface area contributed by atoms with Gasteiger partial charge in [0.2, 0.25) is 5.91 Å². The minimum atomic E-state index is -0.910. The lowest BCUT2D eigenvalue weighted by molar-refractivity contribution is -0.124. The molecule has 1 aromatic carbocycles. The number of nitrogens with zero attached hydrogens (tertiary/aromatic N) is 3. The van der Waals surface area contributed by atoms with Crippen molar-refractivity contribution in [2.45, 2.75) is 24.9 Å². The van der Waals surface area contributed by atoms with Crippen molar-refractivity contribution in [3.63, 3.8) is 0 Å². The van der Waals surface area contributed by atoms with Gasteiger partial charge in [0.1, 0.15) is 5.54 Å². The minimum absolute atomic E-state index is 0.205. The van der Waals surface area contributed by atoms with Crippen molar-refractivity contribution in [2.75, 3.05) is 18.5 Å². The molecule has 1 saturated heterocycles. The summed E-state index contributed by atoms with van der Waals surface area (Å²) in [6, 6.07) is 12.8. The first-order valence-corrected chi connectivity index (χ1v) is 8.86. The van der Waals surface area contributed by atoms with Gasteiger partial charge in [-0.3, -0.25) is 9.20 Å². The molecular weight excluding hydrogens is 346 g/mol. The first-order chi connectivity index (χ1) is 13.0. The molecule has 0 saturated carbocycles. The lowest BCUT2D eigenvalue weighted by Gasteiger charge is -2.31. The summed E-state index contributed by atoms with van der Waals surface area (Å²) < 4.78 is 8.18. The zero-order valence-corrected chi connectivity index (χ0v) is 14.8. The number of anilines is 1. The van der Waals surface area contributed by atoms with Crippen molar-refractivity contribution in [3.8, 4) is 0 Å². The molecule has 2 aromatic heterocycles. The van der Waals surface area contributed by atoms with E-state index in [4.69, 9.17) is 10.5 Å². The summed E-state index contributed by atoms with van der Waals surface area (Å²) in [5, 5.41) is 7.22. The highest BCUT2D eigenvalue weighted by atomic mass is 16.5. The third-order valence-electron chi connectivity index (χ3n) is 4.84. The maximum atomic E-state index is 12.6. The molecule has 0 spiro atoms. The monoisotopic (exact) mass is 367 g/mol. The first-order valence-electron chi connectivity index (χ1n) is 8.86. The number of amides is 1. The van der Waals surface area contributed by atoms with Gasteiger partial charge in [-0.2, -0.15) is 0 Å². The first kappa shape index (κ1) is 17.4. The van der Waals surface area contributed by atoms with Crippen LogP contribution < -0.4 is 16.7 Å². The second kappa shape index (κ2) is 6.98. The molecule has 0 aliphatic carbocycles. The van der Waals surface area contributed by atoms with Crippen molar-refractivity contribution in [3.05, 3.63) is 64.7 Å². The number of ether oxygens (including phenoxy) is 1. The normalized spacial score (nSPS) is 16.3. The zero-order chi connectivity index (χ0) is 18.9. The Morgan fingerprint density at radius 1 is 1.22 bits per heavy atom. The Bertz CT molecular complexity index is 1030. The minimum Gasteiger partial charge on any atom is -0.381 e. The van der Waals surface area contributed by atoms with Crippen LogP contribution in [0.25, 0.3) is 5.65 Å². The van der Waals surface area contributed by atoms with Gasteiger partial charge < -0.3 is 15.8 Å². The number of rotatable bonds is 4. The van der Waals surface area contributed by atoms with Crippen molar-refractivity contribution < 1.29 is 9.53 Å². The fourth-order valence-electron chi connectivity index (χ4n) is 3.21. The van der Waals surface area contributed by atoms with Crippen LogP contribution in [0.3, 0.4) is 0 Å². The third kappa shape index (κ3) is 3.49. The van der Waals surface area contributed by atoms with Crippen LogP contribution in [0.15, 0.2) is 53.5 Å². The molecule has 1 aliphatic rings. The Morgan fingerprint density at radius 3 is 2.81 bits per heavy atom. The second-order valence-corrected chi connectivity index (χ2v) is 6.79. The van der Waals surface area contributed by atoms with Crippen molar-refractivity contribution in [1.82, 2.24) is 14.2 Å². The summed E-state index contributed by atoms with van der Waals surface area (Å²) in [7, 11) is 0. The fraction of sp³-hybridized carbons (Fsp3) is 0.316. The number of nitrogens with one attached hydrogen (secondary N) is 1. The number of fused-ring (bicyclic) bond motifs is 1. The molecule has 8 heteroatoms. The molecule has 0 radical (unpaired) electrons. The van der Waals surface area contributed by atoms with E-state index in [2.05, 4.69) is 10.4 Å². The van der Waals surface area contributed by atoms with E-state index in [0.29, 0.717) is 43.9 Å². The van der Waals surface area contributed by atoms with Crippen LogP contribution in [-0.4, -0.2) is 38.8 Å². The van der Waals surface area contributed by atoms with Crippen LogP contribution in [0.4, 0.5) is 5.69 Å². The average Bonchev–Trinajstić information content (AvgIpc) is 2.98. The highest BCUT2D eigenvalue weighted by Gasteiger charge is 2.35. The SMILES string of the molecule is NC1(C(=O)Nc2cccc(Cn3nc4ccccn4c3=O)c2)CCOCC1. The van der Waals surface area contributed by atoms with Crippen LogP contribution in [-0.2, 0) is 16.1 Å². The van der Waals surface area contributed by atoms with Crippen molar-refractivity contribution in [2.24, 2.45) is 5.73 Å². The Morgan fingerprint density at radius 2 is 2.04 bits per heavy atom. The van der Waals surface area contributed by atoms with Gasteiger partial charge in [0.25, 0.3) is 0 Å². The number of hydrogen-bond donors (Lipinski definition) is 2. The molecule has 1 aliphatic heterocycles. The Labute approximate surface area is 155 Å². The number of aromatic nitrogens is 3. The van der Waals surface area contributed by atoms with Gasteiger partial charge in [0.05, 0.1) is 6.54 Å². The van der Waals surface area contributed by atoms with E-state index in [-0.39, 0.29) is 11.6 Å². The predicted octanol–water partition coefficient (Wildman–Crippen LogP) is 0.991. The van der Waals surface area contributed by atoms with E-state index in [9.17, 15) is 9.59 Å². The lowest BCUT2D eigenvalue weighted by atomic mass is 9.90. The number of carbonyl (C=O) groups is 1. The number of pyridine rings is 1. The standard InChI is InChI=1S/C19H21N5O3/c20-19(7-10-27-11-8-19)17(25)21-15-5-3-4-14(12-15)13-24-18(26)23-9-2-1-6-16(23)22-24/h1-6,9,12H,7-8,10-11,13,20H2,(H,21,25). The quantitative estimate of drug-likeness (QED) is 0.716. The average molecular weight is 367 g/mol. The summed E-state index contributed by atoms with van der Waals surface area (Å²) >= 11 is 0. The molecule has 3 heterocycles. The highest BCUT2D eigenvalue weighted by molar-refractivity contribution is 5.98. The Kier molecular flexibility index (Phi) is 4.51. The van der Waals surface area contributed by atoms with Crippen LogP contribution >= 0.6 is 0 Å². The third-order valence-corrected chi connectivity index (χ3v) is 4.84. The summed E-state index contributed by atoms with van der Waals surface area (Å²) in [6.45, 7) is 1.29. The molecule has 0 unspecified atom stereocenters. The summed E-state index contributed by atoms with van der Waals surface area (Å²) in [4.78, 5) is 25.0. The zero-order valence-electron chi connectivity index (χ0n) is 14.8. The van der Waals surface area contributed by atoms with Gasteiger partial charge in [-0.25, -0.2) is 9.48 Å². The molecule has 3 N–H and O–H groups in total. The highest BCUT2D eigenvalue weighted by Crippen LogP contribution is 2.21. The van der Waals surface area contributed by atoms with E-state index in [1.165, 1.54) is 9.08 Å². The summed E-state index contributed by atoms with van der Waals surface area (Å²) in [5.74, 6) is -0.215. The molecule has 0 atom stereocenters. The number of nitrogens with two attached hydrogens (primary N) is 1. The number of benzene rings is 1. The van der Waals surface area contributed by atoms with Gasteiger partial charge in [-0.1, -0.05) is 18.2 Å². The van der Waals surface area contributed by atoms with Gasteiger partial charge in [-0.15, -0.1) is 5.10 Å². The summed E-state index contributed by atoms with van der Waals surface area (Å²) in [6.07, 6.45) is 2.68. The molecule has 1 fully saturated rings. The Balaban J connectivity index is 1.53. The molecular formula is C19H21N5O3. The topological polar surface area (TPSA) is 104 Å². The van der Waals surface area contributed by atoms with Gasteiger partial charge in [0, 0.05) is 25.1 Å². The summed E-state index contributed by atoms with van der Waals surface area (Å²) in [5.41, 5.74) is 7.21.